The summed E-state index contributed by atoms with van der Waals surface area (Å²) in [6.45, 7) is 2.53. The Morgan fingerprint density at radius 2 is 2.14 bits per heavy atom. The highest BCUT2D eigenvalue weighted by Gasteiger charge is 2.02. The highest BCUT2D eigenvalue weighted by Crippen LogP contribution is 2.14. The van der Waals surface area contributed by atoms with Crippen LogP contribution in [0.1, 0.15) is 11.1 Å². The summed E-state index contributed by atoms with van der Waals surface area (Å²) in [6, 6.07) is 8.65. The first-order chi connectivity index (χ1) is 10.2. The average molecular weight is 282 g/mol. The predicted molar refractivity (Wildman–Crippen MR) is 79.8 cm³/mol. The number of aromatic nitrogens is 3. The van der Waals surface area contributed by atoms with Crippen molar-refractivity contribution in [3.05, 3.63) is 72.2 Å². The summed E-state index contributed by atoms with van der Waals surface area (Å²) in [5.74, 6) is 0.589. The lowest BCUT2D eigenvalue weighted by atomic mass is 10.1. The van der Waals surface area contributed by atoms with Crippen LogP contribution in [0, 0.1) is 12.7 Å². The minimum atomic E-state index is -0.217. The van der Waals surface area contributed by atoms with Gasteiger partial charge in [0.05, 0.1) is 11.9 Å². The van der Waals surface area contributed by atoms with Crippen molar-refractivity contribution in [1.82, 2.24) is 14.5 Å². The van der Waals surface area contributed by atoms with E-state index in [1.54, 1.807) is 30.9 Å². The molecule has 0 unspecified atom stereocenters. The molecule has 5 heteroatoms. The minimum absolute atomic E-state index is 0.217. The molecule has 2 heterocycles. The number of pyridine rings is 1. The SMILES string of the molecule is Cc1ccc(F)cc1CNc1ccc(-n2ccnc2)nc1. The predicted octanol–water partition coefficient (Wildman–Crippen LogP) is 3.33. The van der Waals surface area contributed by atoms with Crippen LogP contribution in [0.3, 0.4) is 0 Å². The number of rotatable bonds is 4. The van der Waals surface area contributed by atoms with Crippen LogP contribution < -0.4 is 5.32 Å². The normalized spacial score (nSPS) is 10.6. The smallest absolute Gasteiger partial charge is 0.137 e. The molecule has 0 aliphatic carbocycles. The Labute approximate surface area is 122 Å². The van der Waals surface area contributed by atoms with Gasteiger partial charge in [0.2, 0.25) is 0 Å². The van der Waals surface area contributed by atoms with Crippen LogP contribution in [-0.4, -0.2) is 14.5 Å². The van der Waals surface area contributed by atoms with E-state index in [0.29, 0.717) is 6.54 Å². The van der Waals surface area contributed by atoms with Crippen molar-refractivity contribution in [3.63, 3.8) is 0 Å². The Morgan fingerprint density at radius 3 is 2.86 bits per heavy atom. The zero-order valence-electron chi connectivity index (χ0n) is 11.6. The number of halogens is 1. The Hall–Kier alpha value is -2.69. The maximum atomic E-state index is 13.2. The van der Waals surface area contributed by atoms with Gasteiger partial charge in [0.25, 0.3) is 0 Å². The van der Waals surface area contributed by atoms with Crippen LogP contribution in [0.4, 0.5) is 10.1 Å². The van der Waals surface area contributed by atoms with Gasteiger partial charge in [-0.2, -0.15) is 0 Å². The molecule has 3 rings (SSSR count). The zero-order chi connectivity index (χ0) is 14.7. The first-order valence-electron chi connectivity index (χ1n) is 6.66. The van der Waals surface area contributed by atoms with E-state index in [9.17, 15) is 4.39 Å². The highest BCUT2D eigenvalue weighted by molar-refractivity contribution is 5.44. The van der Waals surface area contributed by atoms with Crippen LogP contribution in [0.25, 0.3) is 5.82 Å². The Morgan fingerprint density at radius 1 is 1.24 bits per heavy atom. The number of hydrogen-bond donors (Lipinski definition) is 1. The summed E-state index contributed by atoms with van der Waals surface area (Å²) in [5, 5.41) is 3.25. The molecule has 0 saturated carbocycles. The van der Waals surface area contributed by atoms with E-state index < -0.39 is 0 Å². The van der Waals surface area contributed by atoms with Gasteiger partial charge in [-0.1, -0.05) is 6.07 Å². The summed E-state index contributed by atoms with van der Waals surface area (Å²) >= 11 is 0. The van der Waals surface area contributed by atoms with Crippen molar-refractivity contribution in [2.75, 3.05) is 5.32 Å². The monoisotopic (exact) mass is 282 g/mol. The molecular formula is C16H15FN4. The lowest BCUT2D eigenvalue weighted by Gasteiger charge is -2.09. The third kappa shape index (κ3) is 3.08. The molecule has 3 aromatic rings. The maximum absolute atomic E-state index is 13.2. The zero-order valence-corrected chi connectivity index (χ0v) is 11.6. The summed E-state index contributed by atoms with van der Waals surface area (Å²) in [6.07, 6.45) is 7.00. The second-order valence-electron chi connectivity index (χ2n) is 4.80. The standard InChI is InChI=1S/C16H15FN4/c1-12-2-3-14(17)8-13(12)9-19-15-4-5-16(20-10-15)21-7-6-18-11-21/h2-8,10-11,19H,9H2,1H3. The van der Waals surface area contributed by atoms with Gasteiger partial charge < -0.3 is 5.32 Å². The Balaban J connectivity index is 1.70. The number of aryl methyl sites for hydroxylation is 1. The molecule has 0 amide bonds. The largest absolute Gasteiger partial charge is 0.380 e. The molecule has 0 atom stereocenters. The van der Waals surface area contributed by atoms with E-state index in [2.05, 4.69) is 15.3 Å². The molecule has 0 saturated heterocycles. The number of nitrogens with one attached hydrogen (secondary N) is 1. The van der Waals surface area contributed by atoms with E-state index in [1.165, 1.54) is 6.07 Å². The van der Waals surface area contributed by atoms with Gasteiger partial charge in [0, 0.05) is 18.9 Å². The molecular weight excluding hydrogens is 267 g/mol. The van der Waals surface area contributed by atoms with Gasteiger partial charge >= 0.3 is 0 Å². The lowest BCUT2D eigenvalue weighted by Crippen LogP contribution is -2.03. The first kappa shape index (κ1) is 13.3. The lowest BCUT2D eigenvalue weighted by molar-refractivity contribution is 0.625. The van der Waals surface area contributed by atoms with E-state index >= 15 is 0 Å². The maximum Gasteiger partial charge on any atom is 0.137 e. The van der Waals surface area contributed by atoms with Crippen LogP contribution in [0.15, 0.2) is 55.2 Å². The molecule has 21 heavy (non-hydrogen) atoms. The number of nitrogens with zero attached hydrogens (tertiary/aromatic N) is 3. The number of anilines is 1. The molecule has 0 aliphatic heterocycles. The van der Waals surface area contributed by atoms with Crippen molar-refractivity contribution in [1.29, 1.82) is 0 Å². The molecule has 0 spiro atoms. The first-order valence-corrected chi connectivity index (χ1v) is 6.66. The van der Waals surface area contributed by atoms with Crippen molar-refractivity contribution in [2.24, 2.45) is 0 Å². The summed E-state index contributed by atoms with van der Waals surface area (Å²) in [4.78, 5) is 8.35. The fourth-order valence-electron chi connectivity index (χ4n) is 2.07. The quantitative estimate of drug-likeness (QED) is 0.798. The fraction of sp³-hybridized carbons (Fsp3) is 0.125. The molecule has 0 fully saturated rings. The summed E-state index contributed by atoms with van der Waals surface area (Å²) in [7, 11) is 0. The van der Waals surface area contributed by atoms with E-state index in [4.69, 9.17) is 0 Å². The number of benzene rings is 1. The Bertz CT molecular complexity index is 721. The van der Waals surface area contributed by atoms with Crippen molar-refractivity contribution < 1.29 is 4.39 Å². The number of imidazole rings is 1. The fourth-order valence-corrected chi connectivity index (χ4v) is 2.07. The van der Waals surface area contributed by atoms with Gasteiger partial charge in [-0.05, 0) is 42.3 Å². The molecule has 1 aromatic carbocycles. The van der Waals surface area contributed by atoms with Crippen LogP contribution in [0.2, 0.25) is 0 Å². The summed E-state index contributed by atoms with van der Waals surface area (Å²) < 4.78 is 15.1. The molecule has 0 bridgehead atoms. The molecule has 4 nitrogen and oxygen atoms in total. The second-order valence-corrected chi connectivity index (χ2v) is 4.80. The highest BCUT2D eigenvalue weighted by atomic mass is 19.1. The average Bonchev–Trinajstić information content (AvgIpc) is 3.03. The van der Waals surface area contributed by atoms with Gasteiger partial charge in [-0.15, -0.1) is 0 Å². The minimum Gasteiger partial charge on any atom is -0.380 e. The Kier molecular flexibility index (Phi) is 3.64. The molecule has 2 aromatic heterocycles. The van der Waals surface area contributed by atoms with Gasteiger partial charge in [0.15, 0.2) is 0 Å². The molecule has 0 aliphatic rings. The number of hydrogen-bond acceptors (Lipinski definition) is 3. The van der Waals surface area contributed by atoms with Crippen LogP contribution in [0.5, 0.6) is 0 Å². The van der Waals surface area contributed by atoms with Gasteiger partial charge in [0.1, 0.15) is 18.0 Å². The topological polar surface area (TPSA) is 42.7 Å². The third-order valence-electron chi connectivity index (χ3n) is 3.31. The van der Waals surface area contributed by atoms with E-state index in [0.717, 1.165) is 22.6 Å². The van der Waals surface area contributed by atoms with Crippen LogP contribution >= 0.6 is 0 Å². The second kappa shape index (κ2) is 5.75. The van der Waals surface area contributed by atoms with Crippen molar-refractivity contribution in [2.45, 2.75) is 13.5 Å². The van der Waals surface area contributed by atoms with Crippen molar-refractivity contribution in [3.8, 4) is 5.82 Å². The van der Waals surface area contributed by atoms with E-state index in [1.807, 2.05) is 29.8 Å². The summed E-state index contributed by atoms with van der Waals surface area (Å²) in [5.41, 5.74) is 2.89. The van der Waals surface area contributed by atoms with Crippen LogP contribution in [-0.2, 0) is 6.54 Å². The molecule has 1 N–H and O–H groups in total. The third-order valence-corrected chi connectivity index (χ3v) is 3.31. The van der Waals surface area contributed by atoms with Crippen molar-refractivity contribution >= 4 is 5.69 Å². The molecule has 106 valence electrons. The van der Waals surface area contributed by atoms with Gasteiger partial charge in [-0.3, -0.25) is 4.57 Å². The van der Waals surface area contributed by atoms with E-state index in [-0.39, 0.29) is 5.82 Å². The van der Waals surface area contributed by atoms with Gasteiger partial charge in [-0.25, -0.2) is 14.4 Å². The molecule has 0 radical (unpaired) electrons.